The molecule has 118 valence electrons. The molecule has 0 spiro atoms. The fraction of sp³-hybridized carbons (Fsp3) is 0.300. The van der Waals surface area contributed by atoms with E-state index in [1.165, 1.54) is 27.2 Å². The molecule has 0 aliphatic carbocycles. The first-order valence-electron chi connectivity index (χ1n) is 8.14. The summed E-state index contributed by atoms with van der Waals surface area (Å²) in [4.78, 5) is 3.70. The Morgan fingerprint density at radius 1 is 1.09 bits per heavy atom. The fourth-order valence-corrected chi connectivity index (χ4v) is 4.37. The van der Waals surface area contributed by atoms with Crippen molar-refractivity contribution in [2.24, 2.45) is 0 Å². The van der Waals surface area contributed by atoms with Gasteiger partial charge in [-0.05, 0) is 41.5 Å². The monoisotopic (exact) mass is 323 g/mol. The predicted octanol–water partition coefficient (Wildman–Crippen LogP) is 4.05. The van der Waals surface area contributed by atoms with Crippen molar-refractivity contribution in [1.29, 1.82) is 0 Å². The number of thioether (sulfide) groups is 1. The Morgan fingerprint density at radius 3 is 2.74 bits per heavy atom. The highest BCUT2D eigenvalue weighted by atomic mass is 32.2. The number of rotatable bonds is 1. The Morgan fingerprint density at radius 2 is 1.87 bits per heavy atom. The standard InChI is InChI=1S/C20H21NOS/c1-21-10-11-22-16(13-21)12-19-17-7-3-2-6-15(17)14-23-20-9-5-4-8-18(19)20/h2-9,12,16H,10-11,13-14H2,1H3/b19-12-. The minimum atomic E-state index is 0.160. The lowest BCUT2D eigenvalue weighted by molar-refractivity contribution is 0.00724. The Labute approximate surface area is 142 Å². The van der Waals surface area contributed by atoms with Gasteiger partial charge < -0.3 is 9.64 Å². The maximum atomic E-state index is 6.00. The summed E-state index contributed by atoms with van der Waals surface area (Å²) in [6.45, 7) is 2.78. The molecule has 0 amide bonds. The molecule has 2 aliphatic rings. The van der Waals surface area contributed by atoms with Gasteiger partial charge in [0.25, 0.3) is 0 Å². The van der Waals surface area contributed by atoms with Crippen LogP contribution >= 0.6 is 11.8 Å². The number of hydrogen-bond acceptors (Lipinski definition) is 3. The first kappa shape index (κ1) is 15.0. The molecule has 2 aromatic rings. The van der Waals surface area contributed by atoms with Crippen molar-refractivity contribution in [2.45, 2.75) is 16.8 Å². The van der Waals surface area contributed by atoms with Crippen LogP contribution in [0.2, 0.25) is 0 Å². The summed E-state index contributed by atoms with van der Waals surface area (Å²) in [7, 11) is 2.17. The van der Waals surface area contributed by atoms with Crippen molar-refractivity contribution >= 4 is 17.3 Å². The molecule has 0 bridgehead atoms. The van der Waals surface area contributed by atoms with Gasteiger partial charge in [-0.2, -0.15) is 0 Å². The van der Waals surface area contributed by atoms with Crippen molar-refractivity contribution in [3.63, 3.8) is 0 Å². The molecule has 23 heavy (non-hydrogen) atoms. The third-order valence-electron chi connectivity index (χ3n) is 4.52. The molecule has 0 radical (unpaired) electrons. The van der Waals surface area contributed by atoms with Crippen LogP contribution < -0.4 is 0 Å². The molecule has 4 rings (SSSR count). The molecule has 0 N–H and O–H groups in total. The van der Waals surface area contributed by atoms with E-state index in [9.17, 15) is 0 Å². The van der Waals surface area contributed by atoms with Gasteiger partial charge in [-0.15, -0.1) is 11.8 Å². The highest BCUT2D eigenvalue weighted by molar-refractivity contribution is 7.98. The fourth-order valence-electron chi connectivity index (χ4n) is 3.30. The Kier molecular flexibility index (Phi) is 4.25. The second-order valence-electron chi connectivity index (χ2n) is 6.19. The van der Waals surface area contributed by atoms with E-state index in [2.05, 4.69) is 66.6 Å². The smallest absolute Gasteiger partial charge is 0.0892 e. The summed E-state index contributed by atoms with van der Waals surface area (Å²) in [6, 6.07) is 17.5. The molecule has 0 aromatic heterocycles. The number of likely N-dealkylation sites (N-methyl/N-ethyl adjacent to an activating group) is 1. The summed E-state index contributed by atoms with van der Waals surface area (Å²) >= 11 is 1.93. The highest BCUT2D eigenvalue weighted by Crippen LogP contribution is 2.40. The first-order chi connectivity index (χ1) is 11.3. The summed E-state index contributed by atoms with van der Waals surface area (Å²) in [5, 5.41) is 0. The van der Waals surface area contributed by atoms with Crippen LogP contribution in [0.5, 0.6) is 0 Å². The number of hydrogen-bond donors (Lipinski definition) is 0. The normalized spacial score (nSPS) is 23.2. The molecule has 1 saturated heterocycles. The van der Waals surface area contributed by atoms with Crippen molar-refractivity contribution in [3.8, 4) is 0 Å². The van der Waals surface area contributed by atoms with Gasteiger partial charge in [-0.25, -0.2) is 0 Å². The molecule has 2 aliphatic heterocycles. The molecule has 2 heterocycles. The van der Waals surface area contributed by atoms with E-state index in [4.69, 9.17) is 4.74 Å². The Balaban J connectivity index is 1.83. The molecule has 1 unspecified atom stereocenters. The minimum absolute atomic E-state index is 0.160. The Bertz CT molecular complexity index is 690. The summed E-state index contributed by atoms with van der Waals surface area (Å²) in [6.07, 6.45) is 2.49. The second kappa shape index (κ2) is 6.52. The van der Waals surface area contributed by atoms with E-state index in [1.54, 1.807) is 0 Å². The van der Waals surface area contributed by atoms with Crippen molar-refractivity contribution in [1.82, 2.24) is 4.90 Å². The van der Waals surface area contributed by atoms with Gasteiger partial charge in [0.15, 0.2) is 0 Å². The van der Waals surface area contributed by atoms with E-state index in [-0.39, 0.29) is 6.10 Å². The third-order valence-corrected chi connectivity index (χ3v) is 5.64. The highest BCUT2D eigenvalue weighted by Gasteiger charge is 2.21. The molecule has 2 nitrogen and oxygen atoms in total. The lowest BCUT2D eigenvalue weighted by atomic mass is 9.93. The van der Waals surface area contributed by atoms with Gasteiger partial charge in [0, 0.05) is 23.7 Å². The predicted molar refractivity (Wildman–Crippen MR) is 96.8 cm³/mol. The SMILES string of the molecule is CN1CCOC(/C=C2/c3ccccc3CSc3ccccc32)C1. The molecule has 2 aromatic carbocycles. The second-order valence-corrected chi connectivity index (χ2v) is 7.21. The van der Waals surface area contributed by atoms with E-state index in [0.717, 1.165) is 25.4 Å². The largest absolute Gasteiger partial charge is 0.371 e. The topological polar surface area (TPSA) is 12.5 Å². The first-order valence-corrected chi connectivity index (χ1v) is 9.12. The lowest BCUT2D eigenvalue weighted by Crippen LogP contribution is -2.39. The summed E-state index contributed by atoms with van der Waals surface area (Å²) < 4.78 is 6.00. The van der Waals surface area contributed by atoms with Crippen molar-refractivity contribution in [3.05, 3.63) is 71.3 Å². The summed E-state index contributed by atoms with van der Waals surface area (Å²) in [5.74, 6) is 1.02. The number of fused-ring (bicyclic) bond motifs is 2. The molecule has 1 fully saturated rings. The number of benzene rings is 2. The van der Waals surface area contributed by atoms with Crippen molar-refractivity contribution < 1.29 is 4.74 Å². The van der Waals surface area contributed by atoms with E-state index in [0.29, 0.717) is 0 Å². The van der Waals surface area contributed by atoms with Gasteiger partial charge in [0.1, 0.15) is 0 Å². The van der Waals surface area contributed by atoms with Gasteiger partial charge >= 0.3 is 0 Å². The maximum absolute atomic E-state index is 6.00. The van der Waals surface area contributed by atoms with Crippen LogP contribution in [0.4, 0.5) is 0 Å². The molecule has 3 heteroatoms. The maximum Gasteiger partial charge on any atom is 0.0892 e. The zero-order valence-corrected chi connectivity index (χ0v) is 14.2. The van der Waals surface area contributed by atoms with Crippen LogP contribution in [0.15, 0.2) is 59.5 Å². The number of ether oxygens (including phenoxy) is 1. The average molecular weight is 323 g/mol. The van der Waals surface area contributed by atoms with Crippen LogP contribution in [0.3, 0.4) is 0 Å². The Hall–Kier alpha value is -1.55. The van der Waals surface area contributed by atoms with Crippen LogP contribution in [-0.4, -0.2) is 37.7 Å². The lowest BCUT2D eigenvalue weighted by Gasteiger charge is -2.29. The van der Waals surface area contributed by atoms with Gasteiger partial charge in [0.2, 0.25) is 0 Å². The van der Waals surface area contributed by atoms with E-state index >= 15 is 0 Å². The van der Waals surface area contributed by atoms with Gasteiger partial charge in [-0.3, -0.25) is 0 Å². The quantitative estimate of drug-likeness (QED) is 0.785. The number of nitrogens with zero attached hydrogens (tertiary/aromatic N) is 1. The van der Waals surface area contributed by atoms with Crippen LogP contribution in [-0.2, 0) is 10.5 Å². The van der Waals surface area contributed by atoms with Crippen molar-refractivity contribution in [2.75, 3.05) is 26.7 Å². The van der Waals surface area contributed by atoms with E-state index < -0.39 is 0 Å². The number of morpholine rings is 1. The average Bonchev–Trinajstić information content (AvgIpc) is 2.73. The van der Waals surface area contributed by atoms with Crippen LogP contribution in [0, 0.1) is 0 Å². The minimum Gasteiger partial charge on any atom is -0.371 e. The van der Waals surface area contributed by atoms with E-state index in [1.807, 2.05) is 11.8 Å². The zero-order chi connectivity index (χ0) is 15.6. The van der Waals surface area contributed by atoms with Crippen LogP contribution in [0.25, 0.3) is 5.57 Å². The molecule has 0 saturated carbocycles. The van der Waals surface area contributed by atoms with Crippen LogP contribution in [0.1, 0.15) is 16.7 Å². The van der Waals surface area contributed by atoms with Gasteiger partial charge in [0.05, 0.1) is 12.7 Å². The third kappa shape index (κ3) is 3.09. The molecular weight excluding hydrogens is 302 g/mol. The molecular formula is C20H21NOS. The van der Waals surface area contributed by atoms with Gasteiger partial charge in [-0.1, -0.05) is 42.5 Å². The molecule has 1 atom stereocenters. The summed E-state index contributed by atoms with van der Waals surface area (Å²) in [5.41, 5.74) is 5.41. The zero-order valence-electron chi connectivity index (χ0n) is 13.4.